The number of amides is 1. The van der Waals surface area contributed by atoms with Crippen LogP contribution < -0.4 is 15.4 Å². The van der Waals surface area contributed by atoms with Crippen molar-refractivity contribution in [1.82, 2.24) is 14.9 Å². The van der Waals surface area contributed by atoms with Gasteiger partial charge < -0.3 is 25.4 Å². The number of likely N-dealkylation sites (N-methyl/N-ethyl adjacent to an activating group) is 1. The Bertz CT molecular complexity index is 1140. The number of ether oxygens (including phenoxy) is 1. The van der Waals surface area contributed by atoms with E-state index in [0.717, 1.165) is 41.8 Å². The highest BCUT2D eigenvalue weighted by Crippen LogP contribution is 2.31. The van der Waals surface area contributed by atoms with Crippen LogP contribution in [0.25, 0.3) is 11.0 Å². The summed E-state index contributed by atoms with van der Waals surface area (Å²) < 4.78 is 5.61. The molecule has 3 N–H and O–H groups in total. The Morgan fingerprint density at radius 2 is 2.03 bits per heavy atom. The zero-order valence-corrected chi connectivity index (χ0v) is 19.9. The smallest absolute Gasteiger partial charge is 0.253 e. The van der Waals surface area contributed by atoms with Gasteiger partial charge >= 0.3 is 0 Å². The molecule has 1 aromatic carbocycles. The zero-order chi connectivity index (χ0) is 24.1. The van der Waals surface area contributed by atoms with E-state index in [1.54, 1.807) is 42.4 Å². The molecule has 3 heterocycles. The first kappa shape index (κ1) is 23.9. The van der Waals surface area contributed by atoms with Gasteiger partial charge in [0.25, 0.3) is 5.91 Å². The van der Waals surface area contributed by atoms with Crippen molar-refractivity contribution in [2.75, 3.05) is 44.7 Å². The van der Waals surface area contributed by atoms with Crippen molar-refractivity contribution < 1.29 is 14.6 Å². The highest BCUT2D eigenvalue weighted by atomic mass is 16.5. The minimum atomic E-state index is -1.02. The minimum absolute atomic E-state index is 0.134. The molecule has 8 nitrogen and oxygen atoms in total. The summed E-state index contributed by atoms with van der Waals surface area (Å²) in [7, 11) is 1.73. The molecule has 0 saturated carbocycles. The molecule has 0 radical (unpaired) electrons. The normalized spacial score (nSPS) is 18.2. The van der Waals surface area contributed by atoms with Crippen LogP contribution in [0.3, 0.4) is 0 Å². The third kappa shape index (κ3) is 5.46. The average Bonchev–Trinajstić information content (AvgIpc) is 2.83. The molecular formula is C26H33N5O3. The van der Waals surface area contributed by atoms with Gasteiger partial charge in [-0.05, 0) is 75.2 Å². The van der Waals surface area contributed by atoms with Crippen LogP contribution in [0.2, 0.25) is 0 Å². The number of pyridine rings is 2. The number of aromatic nitrogens is 2. The molecule has 8 heteroatoms. The number of rotatable bonds is 8. The highest BCUT2D eigenvalue weighted by molar-refractivity contribution is 5.94. The molecule has 0 aliphatic carbocycles. The SMILES string of the molecule is Cc1ccc2nccc(N3CCC[C@@](O)(CN(C)C(=O)c4ccc(OCCCN)cc4)C3)c2n1. The summed E-state index contributed by atoms with van der Waals surface area (Å²) in [6.07, 6.45) is 4.01. The van der Waals surface area contributed by atoms with Crippen LogP contribution in [0.5, 0.6) is 5.75 Å². The largest absolute Gasteiger partial charge is 0.494 e. The second-order valence-corrected chi connectivity index (χ2v) is 9.08. The number of aliphatic hydroxyl groups is 1. The molecule has 0 unspecified atom stereocenters. The number of carbonyl (C=O) groups excluding carboxylic acids is 1. The van der Waals surface area contributed by atoms with Gasteiger partial charge in [0.2, 0.25) is 0 Å². The topological polar surface area (TPSA) is 105 Å². The van der Waals surface area contributed by atoms with Gasteiger partial charge in [0.05, 0.1) is 30.0 Å². The van der Waals surface area contributed by atoms with Gasteiger partial charge in [-0.25, -0.2) is 4.98 Å². The summed E-state index contributed by atoms with van der Waals surface area (Å²) in [5.41, 5.74) is 8.59. The number of fused-ring (bicyclic) bond motifs is 1. The molecule has 4 rings (SSSR count). The average molecular weight is 464 g/mol. The minimum Gasteiger partial charge on any atom is -0.494 e. The molecule has 1 aliphatic heterocycles. The number of piperidine rings is 1. The Hall–Kier alpha value is -3.23. The van der Waals surface area contributed by atoms with E-state index in [9.17, 15) is 9.90 Å². The number of hydrogen-bond acceptors (Lipinski definition) is 7. The summed E-state index contributed by atoms with van der Waals surface area (Å²) >= 11 is 0. The summed E-state index contributed by atoms with van der Waals surface area (Å²) in [5.74, 6) is 0.577. The van der Waals surface area contributed by atoms with Crippen LogP contribution in [0.15, 0.2) is 48.7 Å². The fourth-order valence-corrected chi connectivity index (χ4v) is 4.51. The lowest BCUT2D eigenvalue weighted by atomic mass is 9.91. The van der Waals surface area contributed by atoms with Gasteiger partial charge in [-0.15, -0.1) is 0 Å². The molecule has 34 heavy (non-hydrogen) atoms. The number of hydrogen-bond donors (Lipinski definition) is 2. The number of nitrogens with zero attached hydrogens (tertiary/aromatic N) is 4. The maximum Gasteiger partial charge on any atom is 0.253 e. The number of benzene rings is 1. The van der Waals surface area contributed by atoms with Crippen molar-refractivity contribution in [3.8, 4) is 5.75 Å². The first-order valence-electron chi connectivity index (χ1n) is 11.8. The summed E-state index contributed by atoms with van der Waals surface area (Å²) in [6, 6.07) is 13.0. The number of β-amino-alcohol motifs (C(OH)–C–C–N with tert-alkyl or cyclic N) is 1. The van der Waals surface area contributed by atoms with Crippen LogP contribution in [0, 0.1) is 6.92 Å². The van der Waals surface area contributed by atoms with Crippen LogP contribution in [-0.2, 0) is 0 Å². The monoisotopic (exact) mass is 463 g/mol. The Morgan fingerprint density at radius 3 is 2.79 bits per heavy atom. The van der Waals surface area contributed by atoms with Crippen molar-refractivity contribution in [3.05, 3.63) is 59.9 Å². The first-order valence-corrected chi connectivity index (χ1v) is 11.8. The molecule has 2 aromatic heterocycles. The Labute approximate surface area is 200 Å². The van der Waals surface area contributed by atoms with E-state index < -0.39 is 5.60 Å². The lowest BCUT2D eigenvalue weighted by Crippen LogP contribution is -2.54. The molecule has 1 amide bonds. The van der Waals surface area contributed by atoms with Crippen LogP contribution in [0.1, 0.15) is 35.3 Å². The fraction of sp³-hybridized carbons (Fsp3) is 0.423. The van der Waals surface area contributed by atoms with E-state index in [1.807, 2.05) is 25.1 Å². The van der Waals surface area contributed by atoms with Gasteiger partial charge in [0, 0.05) is 37.6 Å². The third-order valence-corrected chi connectivity index (χ3v) is 6.19. The number of aryl methyl sites for hydroxylation is 1. The lowest BCUT2D eigenvalue weighted by molar-refractivity contribution is 0.0000607. The maximum absolute atomic E-state index is 13.0. The number of anilines is 1. The van der Waals surface area contributed by atoms with Crippen LogP contribution in [0.4, 0.5) is 5.69 Å². The third-order valence-electron chi connectivity index (χ3n) is 6.19. The predicted octanol–water partition coefficient (Wildman–Crippen LogP) is 2.77. The molecule has 1 atom stereocenters. The van der Waals surface area contributed by atoms with E-state index in [1.165, 1.54) is 0 Å². The van der Waals surface area contributed by atoms with E-state index in [0.29, 0.717) is 37.4 Å². The molecule has 1 aliphatic rings. The number of nitrogens with two attached hydrogens (primary N) is 1. The van der Waals surface area contributed by atoms with Crippen molar-refractivity contribution in [2.24, 2.45) is 5.73 Å². The predicted molar refractivity (Wildman–Crippen MR) is 133 cm³/mol. The van der Waals surface area contributed by atoms with E-state index in [2.05, 4.69) is 9.88 Å². The molecule has 3 aromatic rings. The molecule has 0 spiro atoms. The second-order valence-electron chi connectivity index (χ2n) is 9.08. The van der Waals surface area contributed by atoms with Crippen molar-refractivity contribution in [1.29, 1.82) is 0 Å². The number of carbonyl (C=O) groups is 1. The van der Waals surface area contributed by atoms with Gasteiger partial charge in [-0.2, -0.15) is 0 Å². The first-order chi connectivity index (χ1) is 16.4. The molecule has 1 fully saturated rings. The van der Waals surface area contributed by atoms with Gasteiger partial charge in [0.15, 0.2) is 0 Å². The van der Waals surface area contributed by atoms with E-state index >= 15 is 0 Å². The van der Waals surface area contributed by atoms with Gasteiger partial charge in [-0.3, -0.25) is 9.78 Å². The van der Waals surface area contributed by atoms with Crippen LogP contribution in [-0.4, -0.2) is 71.3 Å². The zero-order valence-electron chi connectivity index (χ0n) is 19.9. The summed E-state index contributed by atoms with van der Waals surface area (Å²) in [4.78, 5) is 25.9. The maximum atomic E-state index is 13.0. The van der Waals surface area contributed by atoms with E-state index in [4.69, 9.17) is 15.5 Å². The Balaban J connectivity index is 1.44. The molecule has 1 saturated heterocycles. The molecule has 0 bridgehead atoms. The Kier molecular flexibility index (Phi) is 7.29. The molecular weight excluding hydrogens is 430 g/mol. The standard InChI is InChI=1S/C26H33N5O3/c1-19-5-10-22-24(29-19)23(11-14-28-22)31-15-3-12-26(33,18-31)17-30(2)25(32)20-6-8-21(9-7-20)34-16-4-13-27/h5-11,14,33H,3-4,12-13,15-18,27H2,1-2H3/t26-/m1/s1. The van der Waals surface area contributed by atoms with E-state index in [-0.39, 0.29) is 12.5 Å². The van der Waals surface area contributed by atoms with Crippen molar-refractivity contribution in [3.63, 3.8) is 0 Å². The summed E-state index contributed by atoms with van der Waals surface area (Å²) in [6.45, 7) is 4.58. The van der Waals surface area contributed by atoms with Gasteiger partial charge in [0.1, 0.15) is 11.3 Å². The molecule has 180 valence electrons. The fourth-order valence-electron chi connectivity index (χ4n) is 4.51. The van der Waals surface area contributed by atoms with Crippen LogP contribution >= 0.6 is 0 Å². The lowest BCUT2D eigenvalue weighted by Gasteiger charge is -2.42. The Morgan fingerprint density at radius 1 is 1.24 bits per heavy atom. The van der Waals surface area contributed by atoms with Crippen molar-refractivity contribution in [2.45, 2.75) is 31.8 Å². The highest BCUT2D eigenvalue weighted by Gasteiger charge is 2.36. The van der Waals surface area contributed by atoms with Crippen molar-refractivity contribution >= 4 is 22.6 Å². The summed E-state index contributed by atoms with van der Waals surface area (Å²) in [5, 5.41) is 11.5. The quantitative estimate of drug-likeness (QED) is 0.495. The second kappa shape index (κ2) is 10.4. The van der Waals surface area contributed by atoms with Gasteiger partial charge in [-0.1, -0.05) is 0 Å².